The largest absolute Gasteiger partial charge is 0.366 e. The number of nitrogens with zero attached hydrogens (tertiary/aromatic N) is 2. The van der Waals surface area contributed by atoms with Gasteiger partial charge in [-0.3, -0.25) is 19.7 Å². The van der Waals surface area contributed by atoms with Crippen molar-refractivity contribution in [2.45, 2.75) is 12.8 Å². The van der Waals surface area contributed by atoms with Crippen molar-refractivity contribution in [3.8, 4) is 0 Å². The van der Waals surface area contributed by atoms with Crippen molar-refractivity contribution in [2.24, 2.45) is 5.92 Å². The van der Waals surface area contributed by atoms with Crippen molar-refractivity contribution >= 4 is 40.4 Å². The summed E-state index contributed by atoms with van der Waals surface area (Å²) in [7, 11) is 0. The zero-order valence-electron chi connectivity index (χ0n) is 17.3. The van der Waals surface area contributed by atoms with Gasteiger partial charge in [-0.25, -0.2) is 0 Å². The highest BCUT2D eigenvalue weighted by atomic mass is 32.1. The Bertz CT molecular complexity index is 1150. The fourth-order valence-electron chi connectivity index (χ4n) is 3.95. The minimum Gasteiger partial charge on any atom is -0.366 e. The van der Waals surface area contributed by atoms with Crippen LogP contribution in [0, 0.1) is 16.0 Å². The fourth-order valence-corrected chi connectivity index (χ4v) is 4.57. The number of carbonyl (C=O) groups excluding carboxylic acids is 2. The molecule has 0 spiro atoms. The number of allylic oxidation sites excluding steroid dienone is 1. The van der Waals surface area contributed by atoms with Gasteiger partial charge in [0.05, 0.1) is 4.92 Å². The molecule has 1 saturated heterocycles. The average Bonchev–Trinajstić information content (AvgIpc) is 3.36. The second-order valence-electron chi connectivity index (χ2n) is 7.67. The molecule has 1 aromatic heterocycles. The molecule has 6 nitrogen and oxygen atoms in total. The first kappa shape index (κ1) is 21.6. The topological polar surface area (TPSA) is 80.5 Å². The Morgan fingerprint density at radius 2 is 1.75 bits per heavy atom. The highest BCUT2D eigenvalue weighted by molar-refractivity contribution is 7.10. The second-order valence-corrected chi connectivity index (χ2v) is 8.64. The summed E-state index contributed by atoms with van der Waals surface area (Å²) < 4.78 is 0. The molecule has 0 atom stereocenters. The summed E-state index contributed by atoms with van der Waals surface area (Å²) in [4.78, 5) is 39.4. The molecule has 0 amide bonds. The van der Waals surface area contributed by atoms with Gasteiger partial charge in [-0.2, -0.15) is 0 Å². The van der Waals surface area contributed by atoms with Gasteiger partial charge in [0.2, 0.25) is 0 Å². The van der Waals surface area contributed by atoms with Gasteiger partial charge in [0.25, 0.3) is 5.69 Å². The minimum atomic E-state index is -0.448. The maximum absolute atomic E-state index is 12.7. The molecule has 32 heavy (non-hydrogen) atoms. The lowest BCUT2D eigenvalue weighted by molar-refractivity contribution is -0.384. The van der Waals surface area contributed by atoms with Gasteiger partial charge in [-0.05, 0) is 48.6 Å². The molecule has 1 fully saturated rings. The molecule has 0 saturated carbocycles. The Labute approximate surface area is 190 Å². The Hall–Kier alpha value is -3.58. The summed E-state index contributed by atoms with van der Waals surface area (Å²) in [6.07, 6.45) is 4.41. The van der Waals surface area contributed by atoms with Crippen molar-refractivity contribution < 1.29 is 14.5 Å². The van der Waals surface area contributed by atoms with Crippen molar-refractivity contribution in [3.63, 3.8) is 0 Å². The number of anilines is 1. The lowest BCUT2D eigenvalue weighted by atomic mass is 9.88. The molecular weight excluding hydrogens is 424 g/mol. The molecule has 162 valence electrons. The van der Waals surface area contributed by atoms with Gasteiger partial charge in [-0.15, -0.1) is 11.3 Å². The first-order valence-electron chi connectivity index (χ1n) is 10.4. The van der Waals surface area contributed by atoms with E-state index in [2.05, 4.69) is 0 Å². The molecule has 0 unspecified atom stereocenters. The van der Waals surface area contributed by atoms with E-state index in [0.717, 1.165) is 4.88 Å². The molecule has 3 aromatic rings. The van der Waals surface area contributed by atoms with E-state index < -0.39 is 4.92 Å². The molecule has 4 rings (SSSR count). The third-order valence-corrected chi connectivity index (χ3v) is 6.50. The Morgan fingerprint density at radius 3 is 2.41 bits per heavy atom. The number of nitro groups is 1. The maximum atomic E-state index is 12.7. The number of piperidine rings is 1. The van der Waals surface area contributed by atoms with Crippen LogP contribution in [0.5, 0.6) is 0 Å². The highest BCUT2D eigenvalue weighted by Crippen LogP contribution is 2.33. The van der Waals surface area contributed by atoms with E-state index in [1.165, 1.54) is 23.5 Å². The number of hydrogen-bond acceptors (Lipinski definition) is 6. The third-order valence-electron chi connectivity index (χ3n) is 5.66. The van der Waals surface area contributed by atoms with Crippen molar-refractivity contribution in [1.29, 1.82) is 0 Å². The normalized spacial score (nSPS) is 14.6. The summed E-state index contributed by atoms with van der Waals surface area (Å²) in [6, 6.07) is 17.6. The van der Waals surface area contributed by atoms with Crippen molar-refractivity contribution in [3.05, 3.63) is 98.2 Å². The molecule has 0 bridgehead atoms. The van der Waals surface area contributed by atoms with Crippen LogP contribution in [0.4, 0.5) is 11.4 Å². The fraction of sp³-hybridized carbons (Fsp3) is 0.200. The van der Waals surface area contributed by atoms with Crippen molar-refractivity contribution in [2.75, 3.05) is 18.0 Å². The molecule has 1 aliphatic rings. The van der Waals surface area contributed by atoms with Crippen LogP contribution >= 0.6 is 11.3 Å². The zero-order chi connectivity index (χ0) is 22.5. The highest BCUT2D eigenvalue weighted by Gasteiger charge is 2.29. The minimum absolute atomic E-state index is 0.0871. The van der Waals surface area contributed by atoms with E-state index in [0.29, 0.717) is 37.2 Å². The molecule has 2 aromatic carbocycles. The number of ketones is 2. The SMILES string of the molecule is O=C(/C=C/c1cccs1)c1ccc(N2CCC(C(=O)c3ccccc3)CC2)c([N+](=O)[O-])c1. The van der Waals surface area contributed by atoms with Crippen LogP contribution in [-0.4, -0.2) is 29.6 Å². The van der Waals surface area contributed by atoms with E-state index in [1.54, 1.807) is 18.2 Å². The second kappa shape index (κ2) is 9.70. The van der Waals surface area contributed by atoms with Crippen LogP contribution in [0.2, 0.25) is 0 Å². The summed E-state index contributed by atoms with van der Waals surface area (Å²) in [5.41, 5.74) is 1.38. The number of carbonyl (C=O) groups is 2. The number of hydrogen-bond donors (Lipinski definition) is 0. The Kier molecular flexibility index (Phi) is 6.56. The Morgan fingerprint density at radius 1 is 1.00 bits per heavy atom. The zero-order valence-corrected chi connectivity index (χ0v) is 18.2. The van der Waals surface area contributed by atoms with E-state index in [4.69, 9.17) is 0 Å². The molecule has 1 aliphatic heterocycles. The van der Waals surface area contributed by atoms with Gasteiger partial charge in [0, 0.05) is 41.1 Å². The maximum Gasteiger partial charge on any atom is 0.293 e. The molecule has 7 heteroatoms. The molecule has 0 N–H and O–H groups in total. The first-order chi connectivity index (χ1) is 15.5. The third kappa shape index (κ3) is 4.84. The van der Waals surface area contributed by atoms with Gasteiger partial charge in [0.1, 0.15) is 5.69 Å². The predicted molar refractivity (Wildman–Crippen MR) is 126 cm³/mol. The lowest BCUT2D eigenvalue weighted by Gasteiger charge is -2.32. The number of Topliss-reactive ketones (excluding diaryl/α,β-unsaturated/α-hetero) is 1. The number of benzene rings is 2. The summed E-state index contributed by atoms with van der Waals surface area (Å²) in [5.74, 6) is -0.241. The number of thiophene rings is 1. The van der Waals surface area contributed by atoms with Crippen LogP contribution in [-0.2, 0) is 0 Å². The van der Waals surface area contributed by atoms with Gasteiger partial charge >= 0.3 is 0 Å². The van der Waals surface area contributed by atoms with Crippen LogP contribution < -0.4 is 4.90 Å². The monoisotopic (exact) mass is 446 g/mol. The number of rotatable bonds is 7. The lowest BCUT2D eigenvalue weighted by Crippen LogP contribution is -2.36. The summed E-state index contributed by atoms with van der Waals surface area (Å²) in [5, 5.41) is 13.7. The standard InChI is InChI=1S/C25H22N2O4S/c28-24(11-9-21-7-4-16-32-21)20-8-10-22(23(17-20)27(30)31)26-14-12-19(13-15-26)25(29)18-5-2-1-3-6-18/h1-11,16-17,19H,12-15H2/b11-9+. The quantitative estimate of drug-likeness (QED) is 0.203. The van der Waals surface area contributed by atoms with Crippen molar-refractivity contribution in [1.82, 2.24) is 0 Å². The molecule has 0 radical (unpaired) electrons. The first-order valence-corrected chi connectivity index (χ1v) is 11.3. The summed E-state index contributed by atoms with van der Waals surface area (Å²) >= 11 is 1.51. The van der Waals surface area contributed by atoms with E-state index in [1.807, 2.05) is 52.7 Å². The Balaban J connectivity index is 1.47. The molecule has 2 heterocycles. The van der Waals surface area contributed by atoms with Gasteiger partial charge in [0.15, 0.2) is 11.6 Å². The predicted octanol–water partition coefficient (Wildman–Crippen LogP) is 5.65. The average molecular weight is 447 g/mol. The van der Waals surface area contributed by atoms with E-state index in [-0.39, 0.29) is 28.7 Å². The van der Waals surface area contributed by atoms with Crippen LogP contribution in [0.3, 0.4) is 0 Å². The van der Waals surface area contributed by atoms with Gasteiger partial charge in [-0.1, -0.05) is 36.4 Å². The summed E-state index contributed by atoms with van der Waals surface area (Å²) in [6.45, 7) is 1.10. The number of nitro benzene ring substituents is 1. The smallest absolute Gasteiger partial charge is 0.293 e. The van der Waals surface area contributed by atoms with Crippen LogP contribution in [0.15, 0.2) is 72.1 Å². The molecule has 0 aliphatic carbocycles. The van der Waals surface area contributed by atoms with Gasteiger partial charge < -0.3 is 4.90 Å². The van der Waals surface area contributed by atoms with E-state index in [9.17, 15) is 19.7 Å². The molecular formula is C25H22N2O4S. The van der Waals surface area contributed by atoms with Crippen LogP contribution in [0.1, 0.15) is 38.4 Å². The van der Waals surface area contributed by atoms with Crippen LogP contribution in [0.25, 0.3) is 6.08 Å². The van der Waals surface area contributed by atoms with E-state index >= 15 is 0 Å².